The molecule has 4 nitrogen and oxygen atoms in total. The number of ether oxygens (including phenoxy) is 1. The van der Waals surface area contributed by atoms with Crippen LogP contribution in [-0.2, 0) is 19.1 Å². The summed E-state index contributed by atoms with van der Waals surface area (Å²) in [6.45, 7) is 6.85. The molecule has 2 aliphatic rings. The molecule has 0 radical (unpaired) electrons. The van der Waals surface area contributed by atoms with Gasteiger partial charge in [0.2, 0.25) is 0 Å². The van der Waals surface area contributed by atoms with Gasteiger partial charge in [-0.05, 0) is 13.3 Å². The Kier molecular flexibility index (Phi) is 2.54. The molecule has 0 aromatic rings. The number of rotatable bonds is 3. The van der Waals surface area contributed by atoms with Crippen LogP contribution in [0.1, 0.15) is 40.5 Å². The van der Waals surface area contributed by atoms with Crippen molar-refractivity contribution in [2.24, 2.45) is 10.8 Å². The minimum absolute atomic E-state index is 0.00634. The highest BCUT2D eigenvalue weighted by atomic mass is 16.6. The smallest absolute Gasteiger partial charge is 0.171 e. The van der Waals surface area contributed by atoms with Gasteiger partial charge in [-0.25, -0.2) is 0 Å². The third-order valence-corrected chi connectivity index (χ3v) is 4.52. The molecule has 1 aliphatic carbocycles. The number of ketones is 3. The third kappa shape index (κ3) is 1.58. The quantitative estimate of drug-likeness (QED) is 0.695. The van der Waals surface area contributed by atoms with Crippen molar-refractivity contribution >= 4 is 17.3 Å². The average molecular weight is 238 g/mol. The molecule has 1 saturated carbocycles. The Bertz CT molecular complexity index is 410. The number of epoxide rings is 1. The van der Waals surface area contributed by atoms with Gasteiger partial charge < -0.3 is 9.53 Å². The molecule has 17 heavy (non-hydrogen) atoms. The molecule has 2 fully saturated rings. The Balaban J connectivity index is 2.31. The number of carbonyl (C=O) groups is 3. The predicted octanol–water partition coefficient (Wildman–Crippen LogP) is 1.31. The van der Waals surface area contributed by atoms with E-state index in [1.807, 2.05) is 0 Å². The van der Waals surface area contributed by atoms with E-state index in [9.17, 15) is 14.4 Å². The SMILES string of the molecule is CC(=O)CCC1(C)C(=O)C2OC2C(=O)C1(C)C. The Morgan fingerprint density at radius 2 is 1.71 bits per heavy atom. The zero-order chi connectivity index (χ0) is 13.0. The minimum Gasteiger partial charge on any atom is -0.353 e. The van der Waals surface area contributed by atoms with Crippen molar-refractivity contribution in [1.82, 2.24) is 0 Å². The predicted molar refractivity (Wildman–Crippen MR) is 60.5 cm³/mol. The largest absolute Gasteiger partial charge is 0.353 e. The fourth-order valence-electron chi connectivity index (χ4n) is 2.62. The molecular formula is C13H18O4. The second kappa shape index (κ2) is 3.48. The summed E-state index contributed by atoms with van der Waals surface area (Å²) in [7, 11) is 0. The molecule has 0 N–H and O–H groups in total. The first-order valence-electron chi connectivity index (χ1n) is 5.95. The van der Waals surface area contributed by atoms with Gasteiger partial charge in [0, 0.05) is 17.3 Å². The second-order valence-electron chi connectivity index (χ2n) is 5.86. The van der Waals surface area contributed by atoms with E-state index in [0.717, 1.165) is 0 Å². The van der Waals surface area contributed by atoms with Gasteiger partial charge in [0.05, 0.1) is 0 Å². The van der Waals surface area contributed by atoms with Crippen LogP contribution in [0.4, 0.5) is 0 Å². The fourth-order valence-corrected chi connectivity index (χ4v) is 2.62. The van der Waals surface area contributed by atoms with Crippen molar-refractivity contribution in [3.63, 3.8) is 0 Å². The summed E-state index contributed by atoms with van der Waals surface area (Å²) in [5.74, 6) is 0.0163. The lowest BCUT2D eigenvalue weighted by atomic mass is 9.55. The number of hydrogen-bond acceptors (Lipinski definition) is 4. The molecular weight excluding hydrogens is 220 g/mol. The second-order valence-corrected chi connectivity index (χ2v) is 5.86. The van der Waals surface area contributed by atoms with Gasteiger partial charge in [0.25, 0.3) is 0 Å². The van der Waals surface area contributed by atoms with Crippen molar-refractivity contribution in [2.45, 2.75) is 52.7 Å². The summed E-state index contributed by atoms with van der Waals surface area (Å²) >= 11 is 0. The molecule has 2 rings (SSSR count). The van der Waals surface area contributed by atoms with Gasteiger partial charge in [0.15, 0.2) is 23.8 Å². The van der Waals surface area contributed by atoms with Crippen LogP contribution in [0.5, 0.6) is 0 Å². The summed E-state index contributed by atoms with van der Waals surface area (Å²) in [5.41, 5.74) is -1.54. The number of fused-ring (bicyclic) bond motifs is 1. The van der Waals surface area contributed by atoms with E-state index in [0.29, 0.717) is 12.8 Å². The van der Waals surface area contributed by atoms with E-state index >= 15 is 0 Å². The molecule has 1 aliphatic heterocycles. The summed E-state index contributed by atoms with van der Waals surface area (Å²) in [6, 6.07) is 0. The van der Waals surface area contributed by atoms with E-state index < -0.39 is 23.0 Å². The van der Waals surface area contributed by atoms with Crippen LogP contribution in [-0.4, -0.2) is 29.6 Å². The molecule has 3 unspecified atom stereocenters. The van der Waals surface area contributed by atoms with Crippen LogP contribution in [0.15, 0.2) is 0 Å². The van der Waals surface area contributed by atoms with Gasteiger partial charge >= 0.3 is 0 Å². The maximum Gasteiger partial charge on any atom is 0.171 e. The van der Waals surface area contributed by atoms with Crippen molar-refractivity contribution in [2.75, 3.05) is 0 Å². The first-order chi connectivity index (χ1) is 7.72. The standard InChI is InChI=1S/C13H18O4/c1-7(14)5-6-13(4)11(16)9-8(17-9)10(15)12(13,2)3/h8-9H,5-6H2,1-4H3. The topological polar surface area (TPSA) is 63.7 Å². The number of hydrogen-bond donors (Lipinski definition) is 0. The van der Waals surface area contributed by atoms with Crippen LogP contribution in [0.3, 0.4) is 0 Å². The average Bonchev–Trinajstić information content (AvgIpc) is 3.01. The molecule has 1 heterocycles. The lowest BCUT2D eigenvalue weighted by Crippen LogP contribution is -2.54. The Morgan fingerprint density at radius 1 is 1.18 bits per heavy atom. The van der Waals surface area contributed by atoms with Gasteiger partial charge in [-0.3, -0.25) is 9.59 Å². The van der Waals surface area contributed by atoms with Gasteiger partial charge in [0.1, 0.15) is 5.78 Å². The van der Waals surface area contributed by atoms with Crippen LogP contribution in [0, 0.1) is 10.8 Å². The Morgan fingerprint density at radius 3 is 2.24 bits per heavy atom. The van der Waals surface area contributed by atoms with Crippen LogP contribution in [0.2, 0.25) is 0 Å². The minimum atomic E-state index is -0.784. The van der Waals surface area contributed by atoms with Crippen LogP contribution >= 0.6 is 0 Å². The van der Waals surface area contributed by atoms with E-state index in [-0.39, 0.29) is 17.3 Å². The Hall–Kier alpha value is -1.03. The monoisotopic (exact) mass is 238 g/mol. The number of carbonyl (C=O) groups excluding carboxylic acids is 3. The van der Waals surface area contributed by atoms with E-state index in [1.54, 1.807) is 20.8 Å². The van der Waals surface area contributed by atoms with E-state index in [2.05, 4.69) is 0 Å². The molecule has 3 atom stereocenters. The lowest BCUT2D eigenvalue weighted by Gasteiger charge is -2.43. The van der Waals surface area contributed by atoms with Crippen molar-refractivity contribution in [3.05, 3.63) is 0 Å². The molecule has 0 bridgehead atoms. The first kappa shape index (κ1) is 12.4. The molecule has 4 heteroatoms. The molecule has 0 amide bonds. The van der Waals surface area contributed by atoms with Gasteiger partial charge in [-0.1, -0.05) is 20.8 Å². The summed E-state index contributed by atoms with van der Waals surface area (Å²) < 4.78 is 5.16. The summed E-state index contributed by atoms with van der Waals surface area (Å²) in [5, 5.41) is 0. The van der Waals surface area contributed by atoms with Gasteiger partial charge in [-0.15, -0.1) is 0 Å². The first-order valence-corrected chi connectivity index (χ1v) is 5.95. The highest BCUT2D eigenvalue weighted by molar-refractivity contribution is 6.09. The highest BCUT2D eigenvalue weighted by Gasteiger charge is 2.68. The van der Waals surface area contributed by atoms with Crippen molar-refractivity contribution in [1.29, 1.82) is 0 Å². The molecule has 0 aromatic carbocycles. The maximum atomic E-state index is 12.3. The number of Topliss-reactive ketones (excluding diaryl/α,β-unsaturated/α-hetero) is 3. The van der Waals surface area contributed by atoms with E-state index in [4.69, 9.17) is 4.74 Å². The van der Waals surface area contributed by atoms with Crippen LogP contribution < -0.4 is 0 Å². The Labute approximate surface area is 101 Å². The van der Waals surface area contributed by atoms with Crippen molar-refractivity contribution in [3.8, 4) is 0 Å². The highest BCUT2D eigenvalue weighted by Crippen LogP contribution is 2.54. The normalized spacial score (nSPS) is 38.8. The van der Waals surface area contributed by atoms with E-state index in [1.165, 1.54) is 6.92 Å². The molecule has 94 valence electrons. The fraction of sp³-hybridized carbons (Fsp3) is 0.769. The zero-order valence-corrected chi connectivity index (χ0v) is 10.7. The summed E-state index contributed by atoms with van der Waals surface area (Å²) in [4.78, 5) is 35.5. The van der Waals surface area contributed by atoms with Gasteiger partial charge in [-0.2, -0.15) is 0 Å². The summed E-state index contributed by atoms with van der Waals surface area (Å²) in [6.07, 6.45) is -0.321. The zero-order valence-electron chi connectivity index (χ0n) is 10.7. The molecule has 0 aromatic heterocycles. The lowest BCUT2D eigenvalue weighted by molar-refractivity contribution is -0.150. The van der Waals surface area contributed by atoms with Crippen molar-refractivity contribution < 1.29 is 19.1 Å². The molecule has 0 spiro atoms. The molecule has 1 saturated heterocycles. The maximum absolute atomic E-state index is 12.3. The van der Waals surface area contributed by atoms with Crippen LogP contribution in [0.25, 0.3) is 0 Å². The third-order valence-electron chi connectivity index (χ3n) is 4.52.